The number of rotatable bonds is 5. The third-order valence-electron chi connectivity index (χ3n) is 3.03. The van der Waals surface area contributed by atoms with Crippen molar-refractivity contribution in [3.05, 3.63) is 40.9 Å². The Balaban J connectivity index is 2.26. The van der Waals surface area contributed by atoms with E-state index in [2.05, 4.69) is 10.2 Å². The van der Waals surface area contributed by atoms with Crippen LogP contribution in [-0.4, -0.2) is 32.4 Å². The molecule has 0 fully saturated rings. The summed E-state index contributed by atoms with van der Waals surface area (Å²) in [7, 11) is 1.85. The highest BCUT2D eigenvalue weighted by Gasteiger charge is 2.15. The molecule has 0 radical (unpaired) electrons. The van der Waals surface area contributed by atoms with Gasteiger partial charge in [0.1, 0.15) is 12.4 Å². The van der Waals surface area contributed by atoms with Crippen molar-refractivity contribution in [2.75, 3.05) is 11.4 Å². The van der Waals surface area contributed by atoms with Gasteiger partial charge in [-0.1, -0.05) is 11.6 Å². The van der Waals surface area contributed by atoms with Gasteiger partial charge in [0.2, 0.25) is 0 Å². The van der Waals surface area contributed by atoms with Gasteiger partial charge >= 0.3 is 5.97 Å². The Labute approximate surface area is 121 Å². The van der Waals surface area contributed by atoms with E-state index in [0.717, 1.165) is 11.5 Å². The summed E-state index contributed by atoms with van der Waals surface area (Å²) in [5, 5.41) is 17.7. The van der Waals surface area contributed by atoms with Crippen LogP contribution in [0.5, 0.6) is 0 Å². The molecule has 0 saturated carbocycles. The molecule has 0 atom stereocenters. The molecule has 20 heavy (non-hydrogen) atoms. The molecular formula is C13H15ClN4O2. The smallest absolute Gasteiger partial charge is 0.323 e. The molecule has 2 aromatic rings. The van der Waals surface area contributed by atoms with Crippen molar-refractivity contribution in [1.29, 1.82) is 0 Å². The number of aromatic nitrogens is 3. The average Bonchev–Trinajstić information content (AvgIpc) is 2.70. The maximum Gasteiger partial charge on any atom is 0.323 e. The molecule has 106 valence electrons. The van der Waals surface area contributed by atoms with E-state index in [4.69, 9.17) is 16.7 Å². The summed E-state index contributed by atoms with van der Waals surface area (Å²) >= 11 is 5.85. The third-order valence-corrected chi connectivity index (χ3v) is 3.28. The summed E-state index contributed by atoms with van der Waals surface area (Å²) in [5.74, 6) is 0.587. The maximum atomic E-state index is 11.0. The fourth-order valence-electron chi connectivity index (χ4n) is 1.81. The average molecular weight is 295 g/mol. The minimum Gasteiger partial charge on any atom is -0.480 e. The topological polar surface area (TPSA) is 71.2 Å². The van der Waals surface area contributed by atoms with E-state index < -0.39 is 5.97 Å². The van der Waals surface area contributed by atoms with Crippen LogP contribution in [0.1, 0.15) is 11.6 Å². The highest BCUT2D eigenvalue weighted by atomic mass is 35.5. The second-order valence-corrected chi connectivity index (χ2v) is 4.89. The molecule has 1 aromatic heterocycles. The van der Waals surface area contributed by atoms with E-state index in [0.29, 0.717) is 17.4 Å². The quantitative estimate of drug-likeness (QED) is 0.911. The number of hydrogen-bond acceptors (Lipinski definition) is 4. The highest BCUT2D eigenvalue weighted by Crippen LogP contribution is 2.19. The first kappa shape index (κ1) is 14.3. The molecule has 0 unspecified atom stereocenters. The van der Waals surface area contributed by atoms with Crippen LogP contribution in [0.15, 0.2) is 24.3 Å². The van der Waals surface area contributed by atoms with Crippen LogP contribution in [0.3, 0.4) is 0 Å². The summed E-state index contributed by atoms with van der Waals surface area (Å²) in [6.45, 7) is 2.10. The number of anilines is 1. The molecule has 0 saturated heterocycles. The molecule has 0 aliphatic heterocycles. The Morgan fingerprint density at radius 2 is 2.00 bits per heavy atom. The van der Waals surface area contributed by atoms with Crippen LogP contribution in [0.2, 0.25) is 5.02 Å². The van der Waals surface area contributed by atoms with E-state index in [9.17, 15) is 4.79 Å². The lowest BCUT2D eigenvalue weighted by Crippen LogP contribution is -2.30. The Hall–Kier alpha value is -2.08. The molecule has 0 aliphatic carbocycles. The summed E-state index contributed by atoms with van der Waals surface area (Å²) in [6, 6.07) is 7.03. The van der Waals surface area contributed by atoms with Gasteiger partial charge < -0.3 is 14.6 Å². The number of carboxylic acid groups (broad SMARTS) is 1. The second kappa shape index (κ2) is 5.92. The van der Waals surface area contributed by atoms with Gasteiger partial charge in [0.15, 0.2) is 5.82 Å². The lowest BCUT2D eigenvalue weighted by molar-refractivity contribution is -0.135. The van der Waals surface area contributed by atoms with Crippen LogP contribution in [0.25, 0.3) is 0 Å². The Morgan fingerprint density at radius 1 is 1.35 bits per heavy atom. The first-order chi connectivity index (χ1) is 9.47. The van der Waals surface area contributed by atoms with Crippen molar-refractivity contribution >= 4 is 23.3 Å². The Morgan fingerprint density at radius 3 is 2.50 bits per heavy atom. The SMILES string of the molecule is Cc1nnc(CN(CC(=O)O)c2ccc(Cl)cc2)n1C. The Kier molecular flexibility index (Phi) is 4.24. The van der Waals surface area contributed by atoms with Crippen molar-refractivity contribution < 1.29 is 9.90 Å². The number of aliphatic carboxylic acids is 1. The second-order valence-electron chi connectivity index (χ2n) is 4.45. The van der Waals surface area contributed by atoms with Gasteiger partial charge in [-0.25, -0.2) is 0 Å². The molecule has 0 bridgehead atoms. The van der Waals surface area contributed by atoms with Crippen LogP contribution < -0.4 is 4.90 Å². The molecule has 0 spiro atoms. The van der Waals surface area contributed by atoms with E-state index in [1.165, 1.54) is 0 Å². The predicted molar refractivity (Wildman–Crippen MR) is 75.9 cm³/mol. The van der Waals surface area contributed by atoms with E-state index >= 15 is 0 Å². The van der Waals surface area contributed by atoms with Crippen LogP contribution in [0.4, 0.5) is 5.69 Å². The number of benzene rings is 1. The summed E-state index contributed by atoms with van der Waals surface area (Å²) in [4.78, 5) is 12.7. The van der Waals surface area contributed by atoms with Gasteiger partial charge in [0.05, 0.1) is 6.54 Å². The zero-order chi connectivity index (χ0) is 14.7. The van der Waals surface area contributed by atoms with E-state index in [-0.39, 0.29) is 6.54 Å². The molecule has 7 heteroatoms. The summed E-state index contributed by atoms with van der Waals surface area (Å²) in [6.07, 6.45) is 0. The number of hydrogen-bond donors (Lipinski definition) is 1. The van der Waals surface area contributed by atoms with E-state index in [1.54, 1.807) is 29.2 Å². The van der Waals surface area contributed by atoms with Crippen LogP contribution in [-0.2, 0) is 18.4 Å². The predicted octanol–water partition coefficient (Wildman–Crippen LogP) is 1.87. The van der Waals surface area contributed by atoms with Crippen LogP contribution >= 0.6 is 11.6 Å². The largest absolute Gasteiger partial charge is 0.480 e. The number of carboxylic acids is 1. The highest BCUT2D eigenvalue weighted by molar-refractivity contribution is 6.30. The van der Waals surface area contributed by atoms with Gasteiger partial charge in [-0.15, -0.1) is 10.2 Å². The van der Waals surface area contributed by atoms with Crippen molar-refractivity contribution in [2.24, 2.45) is 7.05 Å². The summed E-state index contributed by atoms with van der Waals surface area (Å²) in [5.41, 5.74) is 0.775. The number of halogens is 1. The lowest BCUT2D eigenvalue weighted by Gasteiger charge is -2.22. The molecule has 0 aliphatic rings. The standard InChI is InChI=1S/C13H15ClN4O2/c1-9-15-16-12(17(9)2)7-18(8-13(19)20)11-5-3-10(14)4-6-11/h3-6H,7-8H2,1-2H3,(H,19,20). The van der Waals surface area contributed by atoms with Crippen molar-refractivity contribution in [1.82, 2.24) is 14.8 Å². The van der Waals surface area contributed by atoms with Crippen LogP contribution in [0, 0.1) is 6.92 Å². The van der Waals surface area contributed by atoms with Gasteiger partial charge in [-0.2, -0.15) is 0 Å². The molecular weight excluding hydrogens is 280 g/mol. The zero-order valence-electron chi connectivity index (χ0n) is 11.2. The van der Waals surface area contributed by atoms with Crippen molar-refractivity contribution in [2.45, 2.75) is 13.5 Å². The van der Waals surface area contributed by atoms with Gasteiger partial charge in [-0.05, 0) is 31.2 Å². The molecule has 6 nitrogen and oxygen atoms in total. The van der Waals surface area contributed by atoms with Crippen molar-refractivity contribution in [3.8, 4) is 0 Å². The molecule has 2 rings (SSSR count). The molecule has 0 amide bonds. The normalized spacial score (nSPS) is 10.6. The molecule has 1 aromatic carbocycles. The number of carbonyl (C=O) groups is 1. The number of nitrogens with zero attached hydrogens (tertiary/aromatic N) is 4. The fraction of sp³-hybridized carbons (Fsp3) is 0.308. The first-order valence-electron chi connectivity index (χ1n) is 6.04. The monoisotopic (exact) mass is 294 g/mol. The fourth-order valence-corrected chi connectivity index (χ4v) is 1.94. The minimum absolute atomic E-state index is 0.118. The van der Waals surface area contributed by atoms with E-state index in [1.807, 2.05) is 18.5 Å². The van der Waals surface area contributed by atoms with Gasteiger partial charge in [0.25, 0.3) is 0 Å². The Bertz CT molecular complexity index is 609. The number of aryl methyl sites for hydroxylation is 1. The lowest BCUT2D eigenvalue weighted by atomic mass is 10.2. The molecule has 1 heterocycles. The van der Waals surface area contributed by atoms with Gasteiger partial charge in [0, 0.05) is 17.8 Å². The van der Waals surface area contributed by atoms with Crippen molar-refractivity contribution in [3.63, 3.8) is 0 Å². The summed E-state index contributed by atoms with van der Waals surface area (Å²) < 4.78 is 1.84. The zero-order valence-corrected chi connectivity index (χ0v) is 12.0. The first-order valence-corrected chi connectivity index (χ1v) is 6.42. The maximum absolute atomic E-state index is 11.0. The third kappa shape index (κ3) is 3.27. The van der Waals surface area contributed by atoms with Gasteiger partial charge in [-0.3, -0.25) is 4.79 Å². The molecule has 1 N–H and O–H groups in total. The minimum atomic E-state index is -0.904.